The molecule has 0 saturated carbocycles. The lowest BCUT2D eigenvalue weighted by Crippen LogP contribution is -2.28. The van der Waals surface area contributed by atoms with Gasteiger partial charge in [-0.25, -0.2) is 0 Å². The molecule has 0 heterocycles. The molecule has 106 valence electrons. The molecule has 0 aliphatic carbocycles. The monoisotopic (exact) mass is 268 g/mol. The highest BCUT2D eigenvalue weighted by molar-refractivity contribution is 6.01. The maximum atomic E-state index is 12.0. The molecule has 0 aliphatic heterocycles. The minimum atomic E-state index is -0.273. The molecular weight excluding hydrogens is 248 g/mol. The topological polar surface area (TPSA) is 82.8 Å². The summed E-state index contributed by atoms with van der Waals surface area (Å²) in [5.74, 6) is 0.183. The molecule has 0 unspecified atom stereocenters. The minimum Gasteiger partial charge on any atom is -0.496 e. The Morgan fingerprint density at radius 3 is 2.74 bits per heavy atom. The van der Waals surface area contributed by atoms with Crippen LogP contribution in [0.3, 0.4) is 0 Å². The number of ether oxygens (including phenoxy) is 3. The van der Waals surface area contributed by atoms with Crippen LogP contribution in [0.5, 0.6) is 5.75 Å². The van der Waals surface area contributed by atoms with Crippen LogP contribution in [0.25, 0.3) is 0 Å². The van der Waals surface area contributed by atoms with Gasteiger partial charge in [0.15, 0.2) is 0 Å². The number of carbonyl (C=O) groups is 1. The van der Waals surface area contributed by atoms with Crippen molar-refractivity contribution in [1.82, 2.24) is 5.32 Å². The first kappa shape index (κ1) is 15.3. The van der Waals surface area contributed by atoms with Crippen LogP contribution in [0.2, 0.25) is 0 Å². The molecule has 0 spiro atoms. The van der Waals surface area contributed by atoms with Gasteiger partial charge >= 0.3 is 0 Å². The Bertz CT molecular complexity index is 410. The number of anilines is 1. The second kappa shape index (κ2) is 8.34. The Kier molecular flexibility index (Phi) is 6.70. The molecule has 1 amide bonds. The van der Waals surface area contributed by atoms with E-state index in [1.165, 1.54) is 7.11 Å². The lowest BCUT2D eigenvalue weighted by Gasteiger charge is -2.11. The number of nitrogens with one attached hydrogen (secondary N) is 1. The molecule has 1 aromatic rings. The summed E-state index contributed by atoms with van der Waals surface area (Å²) in [5.41, 5.74) is 6.51. The molecule has 0 radical (unpaired) electrons. The molecule has 0 fully saturated rings. The molecule has 0 aromatic heterocycles. The summed E-state index contributed by atoms with van der Waals surface area (Å²) < 4.78 is 15.2. The normalized spacial score (nSPS) is 10.2. The fraction of sp³-hybridized carbons (Fsp3) is 0.462. The van der Waals surface area contributed by atoms with Gasteiger partial charge in [-0.05, 0) is 12.1 Å². The van der Waals surface area contributed by atoms with Gasteiger partial charge in [-0.15, -0.1) is 0 Å². The third-order valence-corrected chi connectivity index (χ3v) is 2.47. The zero-order valence-corrected chi connectivity index (χ0v) is 11.3. The molecule has 3 N–H and O–H groups in total. The highest BCUT2D eigenvalue weighted by Gasteiger charge is 2.14. The number of amides is 1. The number of rotatable bonds is 8. The predicted molar refractivity (Wildman–Crippen MR) is 72.4 cm³/mol. The van der Waals surface area contributed by atoms with Gasteiger partial charge in [0.2, 0.25) is 0 Å². The van der Waals surface area contributed by atoms with Crippen LogP contribution in [0, 0.1) is 0 Å². The van der Waals surface area contributed by atoms with Gasteiger partial charge in [0.05, 0.1) is 26.9 Å². The van der Waals surface area contributed by atoms with Gasteiger partial charge in [-0.3, -0.25) is 4.79 Å². The van der Waals surface area contributed by atoms with E-state index in [9.17, 15) is 4.79 Å². The summed E-state index contributed by atoms with van der Waals surface area (Å²) in [6.07, 6.45) is 0. The molecule has 6 nitrogen and oxygen atoms in total. The Labute approximate surface area is 112 Å². The van der Waals surface area contributed by atoms with E-state index in [1.54, 1.807) is 25.3 Å². The number of nitrogens with two attached hydrogens (primary N) is 1. The fourth-order valence-electron chi connectivity index (χ4n) is 1.53. The summed E-state index contributed by atoms with van der Waals surface area (Å²) in [5, 5.41) is 2.73. The summed E-state index contributed by atoms with van der Waals surface area (Å²) in [7, 11) is 3.11. The quantitative estimate of drug-likeness (QED) is 0.535. The van der Waals surface area contributed by atoms with Crippen molar-refractivity contribution in [2.24, 2.45) is 0 Å². The molecule has 19 heavy (non-hydrogen) atoms. The van der Waals surface area contributed by atoms with Crippen LogP contribution in [-0.2, 0) is 9.47 Å². The van der Waals surface area contributed by atoms with Crippen LogP contribution in [-0.4, -0.2) is 46.5 Å². The standard InChI is InChI=1S/C13H20N2O4/c1-17-8-9-19-7-6-15-13(16)12-10(14)4-3-5-11(12)18-2/h3-5H,6-9,14H2,1-2H3,(H,15,16). The molecule has 0 saturated heterocycles. The van der Waals surface area contributed by atoms with Crippen LogP contribution in [0.15, 0.2) is 18.2 Å². The Morgan fingerprint density at radius 2 is 2.05 bits per heavy atom. The van der Waals surface area contributed by atoms with Crippen LogP contribution < -0.4 is 15.8 Å². The van der Waals surface area contributed by atoms with Crippen molar-refractivity contribution in [3.05, 3.63) is 23.8 Å². The van der Waals surface area contributed by atoms with Gasteiger partial charge in [0.1, 0.15) is 11.3 Å². The third-order valence-electron chi connectivity index (χ3n) is 2.47. The summed E-state index contributed by atoms with van der Waals surface area (Å²) in [4.78, 5) is 12.0. The van der Waals surface area contributed by atoms with Crippen molar-refractivity contribution in [3.8, 4) is 5.75 Å². The number of methoxy groups -OCH3 is 2. The van der Waals surface area contributed by atoms with E-state index in [2.05, 4.69) is 5.32 Å². The molecule has 0 atom stereocenters. The highest BCUT2D eigenvalue weighted by Crippen LogP contribution is 2.23. The lowest BCUT2D eigenvalue weighted by molar-refractivity contribution is 0.0692. The maximum absolute atomic E-state index is 12.0. The van der Waals surface area contributed by atoms with E-state index in [4.69, 9.17) is 19.9 Å². The molecule has 6 heteroatoms. The first-order valence-electron chi connectivity index (χ1n) is 5.98. The van der Waals surface area contributed by atoms with Crippen LogP contribution in [0.4, 0.5) is 5.69 Å². The largest absolute Gasteiger partial charge is 0.496 e. The zero-order chi connectivity index (χ0) is 14.1. The highest BCUT2D eigenvalue weighted by atomic mass is 16.5. The fourth-order valence-corrected chi connectivity index (χ4v) is 1.53. The van der Waals surface area contributed by atoms with Crippen molar-refractivity contribution in [3.63, 3.8) is 0 Å². The zero-order valence-electron chi connectivity index (χ0n) is 11.3. The smallest absolute Gasteiger partial charge is 0.257 e. The van der Waals surface area contributed by atoms with E-state index in [1.807, 2.05) is 0 Å². The second-order valence-electron chi connectivity index (χ2n) is 3.79. The van der Waals surface area contributed by atoms with Crippen LogP contribution in [0.1, 0.15) is 10.4 Å². The average molecular weight is 268 g/mol. The first-order chi connectivity index (χ1) is 9.20. The van der Waals surface area contributed by atoms with Crippen molar-refractivity contribution >= 4 is 11.6 Å². The molecule has 1 aromatic carbocycles. The van der Waals surface area contributed by atoms with E-state index in [-0.39, 0.29) is 5.91 Å². The molecule has 1 rings (SSSR count). The Morgan fingerprint density at radius 1 is 1.26 bits per heavy atom. The molecule has 0 aliphatic rings. The van der Waals surface area contributed by atoms with E-state index in [0.29, 0.717) is 43.4 Å². The average Bonchev–Trinajstić information content (AvgIpc) is 2.42. The number of carbonyl (C=O) groups excluding carboxylic acids is 1. The van der Waals surface area contributed by atoms with Gasteiger partial charge in [-0.2, -0.15) is 0 Å². The van der Waals surface area contributed by atoms with Crippen LogP contribution >= 0.6 is 0 Å². The summed E-state index contributed by atoms with van der Waals surface area (Å²) >= 11 is 0. The number of hydrogen-bond acceptors (Lipinski definition) is 5. The number of benzene rings is 1. The van der Waals surface area contributed by atoms with E-state index in [0.717, 1.165) is 0 Å². The first-order valence-corrected chi connectivity index (χ1v) is 5.98. The molecule has 0 bridgehead atoms. The van der Waals surface area contributed by atoms with E-state index < -0.39 is 0 Å². The summed E-state index contributed by atoms with van der Waals surface area (Å²) in [6, 6.07) is 5.09. The third kappa shape index (κ3) is 4.76. The lowest BCUT2D eigenvalue weighted by atomic mass is 10.1. The Balaban J connectivity index is 2.45. The SMILES string of the molecule is COCCOCCNC(=O)c1c(N)cccc1OC. The maximum Gasteiger partial charge on any atom is 0.257 e. The van der Waals surface area contributed by atoms with Gasteiger partial charge in [-0.1, -0.05) is 6.07 Å². The van der Waals surface area contributed by atoms with Crippen molar-refractivity contribution < 1.29 is 19.0 Å². The van der Waals surface area contributed by atoms with Gasteiger partial charge in [0.25, 0.3) is 5.91 Å². The van der Waals surface area contributed by atoms with Crippen molar-refractivity contribution in [2.45, 2.75) is 0 Å². The molecular formula is C13H20N2O4. The van der Waals surface area contributed by atoms with Crippen molar-refractivity contribution in [1.29, 1.82) is 0 Å². The summed E-state index contributed by atoms with van der Waals surface area (Å²) in [6.45, 7) is 1.86. The van der Waals surface area contributed by atoms with Gasteiger partial charge < -0.3 is 25.3 Å². The second-order valence-corrected chi connectivity index (χ2v) is 3.79. The predicted octanol–water partition coefficient (Wildman–Crippen LogP) is 0.670. The number of nitrogen functional groups attached to an aromatic ring is 1. The Hall–Kier alpha value is -1.79. The number of hydrogen-bond donors (Lipinski definition) is 2. The van der Waals surface area contributed by atoms with E-state index >= 15 is 0 Å². The van der Waals surface area contributed by atoms with Crippen molar-refractivity contribution in [2.75, 3.05) is 46.3 Å². The minimum absolute atomic E-state index is 0.273. The van der Waals surface area contributed by atoms with Gasteiger partial charge in [0, 0.05) is 19.3 Å².